The Kier molecular flexibility index (Phi) is 5.28. The van der Waals surface area contributed by atoms with Gasteiger partial charge in [-0.1, -0.05) is 51.0 Å². The van der Waals surface area contributed by atoms with Crippen LogP contribution in [0.15, 0.2) is 0 Å². The molecule has 3 rings (SSSR count). The molecule has 0 amide bonds. The van der Waals surface area contributed by atoms with E-state index in [4.69, 9.17) is 0 Å². The van der Waals surface area contributed by atoms with Crippen LogP contribution in [-0.2, 0) is 0 Å². The minimum absolute atomic E-state index is 1.02. The Hall–Kier alpha value is 0.217. The van der Waals surface area contributed by atoms with Crippen molar-refractivity contribution in [1.82, 2.24) is 0 Å². The molecule has 0 aromatic rings. The highest BCUT2D eigenvalue weighted by Crippen LogP contribution is 2.46. The largest absolute Gasteiger partial charge is 0.0625 e. The molecule has 20 heavy (non-hydrogen) atoms. The van der Waals surface area contributed by atoms with Crippen molar-refractivity contribution in [2.24, 2.45) is 29.6 Å². The lowest BCUT2D eigenvalue weighted by atomic mass is 9.66. The molecule has 0 aromatic heterocycles. The summed E-state index contributed by atoms with van der Waals surface area (Å²) < 4.78 is 0. The molecule has 0 unspecified atom stereocenters. The van der Waals surface area contributed by atoms with E-state index in [9.17, 15) is 0 Å². The molecule has 0 nitrogen and oxygen atoms in total. The molecule has 0 radical (unpaired) electrons. The zero-order chi connectivity index (χ0) is 13.9. The van der Waals surface area contributed by atoms with Crippen LogP contribution in [0.4, 0.5) is 0 Å². The summed E-state index contributed by atoms with van der Waals surface area (Å²) in [6.07, 6.45) is 18.9. The molecule has 3 fully saturated rings. The maximum absolute atomic E-state index is 2.46. The van der Waals surface area contributed by atoms with Crippen LogP contribution in [0.25, 0.3) is 0 Å². The zero-order valence-electron chi connectivity index (χ0n) is 13.9. The Labute approximate surface area is 129 Å². The quantitative estimate of drug-likeness (QED) is 0.631. The maximum atomic E-state index is 2.46. The van der Waals surface area contributed by atoms with Gasteiger partial charge in [0.1, 0.15) is 0 Å². The van der Waals surface area contributed by atoms with Gasteiger partial charge in [-0.3, -0.25) is 0 Å². The molecule has 0 atom stereocenters. The van der Waals surface area contributed by atoms with Crippen LogP contribution in [0.2, 0.25) is 5.54 Å². The second kappa shape index (κ2) is 6.98. The van der Waals surface area contributed by atoms with Gasteiger partial charge in [-0.05, 0) is 68.1 Å². The predicted molar refractivity (Wildman–Crippen MR) is 92.2 cm³/mol. The third-order valence-corrected chi connectivity index (χ3v) is 8.43. The standard InChI is InChI=1S/C19H36Si/c1-14-2-4-15(5-3-14)16-6-8-17(9-7-16)18-10-12-19(20)13-11-18/h14-19H,2-13H2,1,20H3. The van der Waals surface area contributed by atoms with Crippen LogP contribution in [0.3, 0.4) is 0 Å². The van der Waals surface area contributed by atoms with Crippen molar-refractivity contribution >= 4 is 10.2 Å². The van der Waals surface area contributed by atoms with Crippen LogP contribution >= 0.6 is 0 Å². The van der Waals surface area contributed by atoms with Crippen molar-refractivity contribution in [3.63, 3.8) is 0 Å². The molecule has 0 bridgehead atoms. The van der Waals surface area contributed by atoms with E-state index in [0.717, 1.165) is 35.1 Å². The van der Waals surface area contributed by atoms with Gasteiger partial charge in [0, 0.05) is 10.2 Å². The highest BCUT2D eigenvalue weighted by molar-refractivity contribution is 6.11. The molecular formula is C19H36Si. The summed E-state index contributed by atoms with van der Waals surface area (Å²) in [5.74, 6) is 5.52. The molecule has 0 saturated heterocycles. The lowest BCUT2D eigenvalue weighted by Crippen LogP contribution is -2.29. The fraction of sp³-hybridized carbons (Fsp3) is 1.00. The Balaban J connectivity index is 1.42. The van der Waals surface area contributed by atoms with Crippen LogP contribution in [0.1, 0.15) is 84.0 Å². The summed E-state index contributed by atoms with van der Waals surface area (Å²) in [4.78, 5) is 0. The van der Waals surface area contributed by atoms with Crippen molar-refractivity contribution in [2.75, 3.05) is 0 Å². The van der Waals surface area contributed by atoms with Crippen molar-refractivity contribution in [2.45, 2.75) is 89.5 Å². The molecule has 3 aliphatic carbocycles. The molecule has 116 valence electrons. The second-order valence-electron chi connectivity index (χ2n) is 8.71. The molecule has 0 aliphatic heterocycles. The monoisotopic (exact) mass is 292 g/mol. The van der Waals surface area contributed by atoms with Gasteiger partial charge in [-0.25, -0.2) is 0 Å². The Morgan fingerprint density at radius 3 is 1.20 bits per heavy atom. The van der Waals surface area contributed by atoms with E-state index >= 15 is 0 Å². The van der Waals surface area contributed by atoms with Crippen molar-refractivity contribution in [3.05, 3.63) is 0 Å². The fourth-order valence-electron chi connectivity index (χ4n) is 5.60. The summed E-state index contributed by atoms with van der Waals surface area (Å²) in [5, 5.41) is 0. The highest BCUT2D eigenvalue weighted by Gasteiger charge is 2.33. The number of rotatable bonds is 2. The lowest BCUT2D eigenvalue weighted by molar-refractivity contribution is 0.115. The van der Waals surface area contributed by atoms with E-state index < -0.39 is 0 Å². The normalized spacial score (nSPS) is 47.2. The van der Waals surface area contributed by atoms with Gasteiger partial charge < -0.3 is 0 Å². The lowest BCUT2D eigenvalue weighted by Gasteiger charge is -2.41. The van der Waals surface area contributed by atoms with Gasteiger partial charge in [0.2, 0.25) is 0 Å². The predicted octanol–water partition coefficient (Wildman–Crippen LogP) is 4.96. The SMILES string of the molecule is CC1CCC(C2CCC(C3CCC([SiH3])CC3)CC2)CC1. The first-order valence-corrected chi connectivity index (χ1v) is 10.9. The molecule has 0 spiro atoms. The van der Waals surface area contributed by atoms with Crippen molar-refractivity contribution in [3.8, 4) is 0 Å². The average Bonchev–Trinajstić information content (AvgIpc) is 2.49. The summed E-state index contributed by atoms with van der Waals surface area (Å²) in [6, 6.07) is 0. The summed E-state index contributed by atoms with van der Waals surface area (Å²) in [6.45, 7) is 2.46. The number of hydrogen-bond donors (Lipinski definition) is 0. The average molecular weight is 293 g/mol. The molecule has 3 saturated carbocycles. The maximum Gasteiger partial charge on any atom is 0.00672 e. The third kappa shape index (κ3) is 3.70. The Morgan fingerprint density at radius 1 is 0.500 bits per heavy atom. The van der Waals surface area contributed by atoms with E-state index in [1.165, 1.54) is 23.1 Å². The van der Waals surface area contributed by atoms with Crippen LogP contribution < -0.4 is 0 Å². The molecule has 0 aromatic carbocycles. The van der Waals surface area contributed by atoms with Crippen LogP contribution in [0, 0.1) is 29.6 Å². The number of hydrogen-bond acceptors (Lipinski definition) is 0. The Morgan fingerprint density at radius 2 is 0.800 bits per heavy atom. The zero-order valence-corrected chi connectivity index (χ0v) is 15.9. The first kappa shape index (κ1) is 15.1. The van der Waals surface area contributed by atoms with Crippen molar-refractivity contribution < 1.29 is 0 Å². The molecule has 0 heterocycles. The minimum atomic E-state index is 1.02. The van der Waals surface area contributed by atoms with Gasteiger partial charge >= 0.3 is 0 Å². The molecular weight excluding hydrogens is 256 g/mol. The highest BCUT2D eigenvalue weighted by atomic mass is 28.1. The fourth-order valence-corrected chi connectivity index (χ4v) is 6.27. The van der Waals surface area contributed by atoms with Crippen molar-refractivity contribution in [1.29, 1.82) is 0 Å². The third-order valence-electron chi connectivity index (χ3n) is 7.27. The van der Waals surface area contributed by atoms with E-state index in [-0.39, 0.29) is 0 Å². The summed E-state index contributed by atoms with van der Waals surface area (Å²) >= 11 is 0. The summed E-state index contributed by atoms with van der Waals surface area (Å²) in [5.41, 5.74) is 1.16. The van der Waals surface area contributed by atoms with E-state index in [0.29, 0.717) is 0 Å². The second-order valence-corrected chi connectivity index (χ2v) is 10.3. The first-order chi connectivity index (χ1) is 9.72. The Bertz CT molecular complexity index is 246. The summed E-state index contributed by atoms with van der Waals surface area (Å²) in [7, 11) is 1.46. The van der Waals surface area contributed by atoms with Crippen LogP contribution in [0.5, 0.6) is 0 Å². The van der Waals surface area contributed by atoms with E-state index in [2.05, 4.69) is 6.92 Å². The van der Waals surface area contributed by atoms with Gasteiger partial charge in [-0.2, -0.15) is 0 Å². The topological polar surface area (TPSA) is 0 Å². The van der Waals surface area contributed by atoms with E-state index in [1.807, 2.05) is 0 Å². The molecule has 0 N–H and O–H groups in total. The smallest absolute Gasteiger partial charge is 0.00672 e. The molecule has 3 aliphatic rings. The molecule has 1 heteroatoms. The van der Waals surface area contributed by atoms with Gasteiger partial charge in [0.15, 0.2) is 0 Å². The first-order valence-electron chi connectivity index (χ1n) is 9.72. The minimum Gasteiger partial charge on any atom is -0.0625 e. The van der Waals surface area contributed by atoms with Gasteiger partial charge in [-0.15, -0.1) is 0 Å². The van der Waals surface area contributed by atoms with Gasteiger partial charge in [0.25, 0.3) is 0 Å². The van der Waals surface area contributed by atoms with Crippen LogP contribution in [-0.4, -0.2) is 10.2 Å². The van der Waals surface area contributed by atoms with Gasteiger partial charge in [0.05, 0.1) is 0 Å². The van der Waals surface area contributed by atoms with E-state index in [1.54, 1.807) is 64.2 Å².